The van der Waals surface area contributed by atoms with Gasteiger partial charge in [-0.1, -0.05) is 89.9 Å². The maximum absolute atomic E-state index is 12.6. The van der Waals surface area contributed by atoms with E-state index in [-0.39, 0.29) is 5.02 Å². The van der Waals surface area contributed by atoms with Crippen LogP contribution in [0.25, 0.3) is 22.5 Å². The summed E-state index contributed by atoms with van der Waals surface area (Å²) in [6.07, 6.45) is 1.44. The number of amides is 1. The van der Waals surface area contributed by atoms with Gasteiger partial charge in [0.25, 0.3) is 0 Å². The summed E-state index contributed by atoms with van der Waals surface area (Å²) in [4.78, 5) is 24.2. The van der Waals surface area contributed by atoms with E-state index >= 15 is 0 Å². The normalized spacial score (nSPS) is 14.6. The second-order valence-corrected chi connectivity index (χ2v) is 9.84. The Morgan fingerprint density at radius 3 is 2.11 bits per heavy atom. The molecule has 1 aromatic heterocycles. The molecule has 1 saturated carbocycles. The number of furan rings is 1. The molecule has 1 atom stereocenters. The number of carboxylic acid groups (broad SMARTS) is 1. The Balaban J connectivity index is 1.30. The smallest absolute Gasteiger partial charge is 0.412 e. The van der Waals surface area contributed by atoms with Crippen LogP contribution in [-0.4, -0.2) is 17.2 Å². The Hall–Kier alpha value is -3.74. The largest absolute Gasteiger partial charge is 0.481 e. The molecule has 1 amide bonds. The van der Waals surface area contributed by atoms with Crippen molar-refractivity contribution in [1.29, 1.82) is 0 Å². The van der Waals surface area contributed by atoms with Gasteiger partial charge < -0.3 is 14.3 Å². The maximum atomic E-state index is 12.6. The van der Waals surface area contributed by atoms with Crippen molar-refractivity contribution < 1.29 is 23.8 Å². The number of nitrogens with one attached hydrogen (secondary N) is 1. The van der Waals surface area contributed by atoms with Gasteiger partial charge in [0.05, 0.1) is 5.41 Å². The number of anilines is 1. The Labute approximate surface area is 223 Å². The second kappa shape index (κ2) is 9.96. The van der Waals surface area contributed by atoms with E-state index < -0.39 is 23.6 Å². The molecule has 6 nitrogen and oxygen atoms in total. The highest BCUT2D eigenvalue weighted by molar-refractivity contribution is 6.34. The molecule has 188 valence electrons. The van der Waals surface area contributed by atoms with Gasteiger partial charge in [-0.3, -0.25) is 10.1 Å². The van der Waals surface area contributed by atoms with E-state index in [1.807, 2.05) is 54.6 Å². The van der Waals surface area contributed by atoms with Gasteiger partial charge in [0.2, 0.25) is 0 Å². The van der Waals surface area contributed by atoms with Gasteiger partial charge in [-0.15, -0.1) is 0 Å². The van der Waals surface area contributed by atoms with Crippen LogP contribution in [0.5, 0.6) is 0 Å². The molecule has 0 spiro atoms. The number of halogens is 2. The zero-order valence-corrected chi connectivity index (χ0v) is 21.3. The monoisotopic (exact) mass is 535 g/mol. The number of ether oxygens (including phenoxy) is 1. The molecule has 4 aromatic rings. The fraction of sp³-hybridized carbons (Fsp3) is 0.172. The zero-order valence-electron chi connectivity index (χ0n) is 19.8. The molecule has 0 radical (unpaired) electrons. The number of carboxylic acids is 1. The molecule has 37 heavy (non-hydrogen) atoms. The highest BCUT2D eigenvalue weighted by atomic mass is 35.5. The van der Waals surface area contributed by atoms with E-state index in [2.05, 4.69) is 5.32 Å². The minimum Gasteiger partial charge on any atom is -0.481 e. The lowest BCUT2D eigenvalue weighted by molar-refractivity contribution is -0.140. The number of carbonyl (C=O) groups excluding carboxylic acids is 1. The average Bonchev–Trinajstić information content (AvgIpc) is 3.64. The van der Waals surface area contributed by atoms with Gasteiger partial charge in [-0.25, -0.2) is 4.79 Å². The lowest BCUT2D eigenvalue weighted by Crippen LogP contribution is -2.19. The summed E-state index contributed by atoms with van der Waals surface area (Å²) in [5.41, 5.74) is 3.73. The summed E-state index contributed by atoms with van der Waals surface area (Å²) in [6, 6.07) is 22.4. The van der Waals surface area contributed by atoms with Crippen LogP contribution in [0.1, 0.15) is 37.0 Å². The first-order valence-corrected chi connectivity index (χ1v) is 12.5. The van der Waals surface area contributed by atoms with E-state index in [9.17, 15) is 14.7 Å². The van der Waals surface area contributed by atoms with Gasteiger partial charge in [0.1, 0.15) is 23.1 Å². The third kappa shape index (κ3) is 4.95. The van der Waals surface area contributed by atoms with E-state index in [0.717, 1.165) is 16.7 Å². The average molecular weight is 536 g/mol. The van der Waals surface area contributed by atoms with Crippen molar-refractivity contribution in [3.8, 4) is 22.5 Å². The van der Waals surface area contributed by atoms with E-state index in [4.69, 9.17) is 32.4 Å². The summed E-state index contributed by atoms with van der Waals surface area (Å²) in [6.45, 7) is 1.73. The van der Waals surface area contributed by atoms with Crippen molar-refractivity contribution in [2.75, 3.05) is 5.32 Å². The first-order valence-electron chi connectivity index (χ1n) is 11.7. The Morgan fingerprint density at radius 2 is 1.51 bits per heavy atom. The van der Waals surface area contributed by atoms with Crippen LogP contribution in [0.15, 0.2) is 83.5 Å². The predicted octanol–water partition coefficient (Wildman–Crippen LogP) is 8.35. The van der Waals surface area contributed by atoms with Crippen LogP contribution < -0.4 is 5.32 Å². The fourth-order valence-corrected chi connectivity index (χ4v) is 4.84. The molecule has 1 heterocycles. The zero-order chi connectivity index (χ0) is 26.2. The van der Waals surface area contributed by atoms with Crippen LogP contribution in [-0.2, 0) is 14.9 Å². The quantitative estimate of drug-likeness (QED) is 0.248. The molecule has 1 fully saturated rings. The second-order valence-electron chi connectivity index (χ2n) is 9.02. The van der Waals surface area contributed by atoms with Crippen LogP contribution in [0.4, 0.5) is 10.5 Å². The molecule has 0 aliphatic heterocycles. The summed E-state index contributed by atoms with van der Waals surface area (Å²) in [5.74, 6) is -0.375. The van der Waals surface area contributed by atoms with Gasteiger partial charge in [-0.05, 0) is 42.5 Å². The number of benzene rings is 3. The van der Waals surface area contributed by atoms with Crippen molar-refractivity contribution in [2.24, 2.45) is 0 Å². The fourth-order valence-electron chi connectivity index (χ4n) is 4.37. The van der Waals surface area contributed by atoms with Crippen molar-refractivity contribution in [3.05, 3.63) is 100 Å². The number of rotatable bonds is 7. The number of hydrogen-bond donors (Lipinski definition) is 2. The Morgan fingerprint density at radius 1 is 0.919 bits per heavy atom. The van der Waals surface area contributed by atoms with Gasteiger partial charge in [0.15, 0.2) is 5.76 Å². The molecular formula is C29H23Cl2NO5. The summed E-state index contributed by atoms with van der Waals surface area (Å²) in [5, 5.41) is 12.9. The van der Waals surface area contributed by atoms with Crippen LogP contribution >= 0.6 is 23.2 Å². The summed E-state index contributed by atoms with van der Waals surface area (Å²) in [7, 11) is 0. The summed E-state index contributed by atoms with van der Waals surface area (Å²) >= 11 is 12.5. The van der Waals surface area contributed by atoms with Crippen LogP contribution in [0.3, 0.4) is 0 Å². The van der Waals surface area contributed by atoms with Crippen molar-refractivity contribution >= 4 is 41.0 Å². The molecule has 1 aliphatic rings. The predicted molar refractivity (Wildman–Crippen MR) is 143 cm³/mol. The lowest BCUT2D eigenvalue weighted by atomic mass is 9.93. The van der Waals surface area contributed by atoms with E-state index in [1.165, 1.54) is 6.26 Å². The van der Waals surface area contributed by atoms with E-state index in [1.54, 1.807) is 25.1 Å². The lowest BCUT2D eigenvalue weighted by Gasteiger charge is -2.15. The molecule has 8 heteroatoms. The molecule has 3 aromatic carbocycles. The first-order chi connectivity index (χ1) is 17.8. The molecular weight excluding hydrogens is 513 g/mol. The SMILES string of the molecule is C[C@@H](OC(=O)Nc1c(Cl)coc1-c1ccc(-c2ccc(C3(C(=O)O)CC3)cc2)cc1)c1ccccc1Cl. The number of hydrogen-bond acceptors (Lipinski definition) is 4. The van der Waals surface area contributed by atoms with Gasteiger partial charge >= 0.3 is 12.1 Å². The molecule has 5 rings (SSSR count). The summed E-state index contributed by atoms with van der Waals surface area (Å²) < 4.78 is 11.1. The highest BCUT2D eigenvalue weighted by Gasteiger charge is 2.51. The molecule has 0 saturated heterocycles. The standard InChI is InChI=1S/C29H23Cl2NO5/c1-17(22-4-2-3-5-23(22)30)37-28(35)32-25-24(31)16-36-26(25)20-8-6-18(7-9-20)19-10-12-21(13-11-19)29(14-15-29)27(33)34/h2-13,16-17H,14-15H2,1H3,(H,32,35)(H,33,34)/t17-/m1/s1. The third-order valence-electron chi connectivity index (χ3n) is 6.68. The van der Waals surface area contributed by atoms with Crippen molar-refractivity contribution in [3.63, 3.8) is 0 Å². The van der Waals surface area contributed by atoms with Crippen LogP contribution in [0, 0.1) is 0 Å². The van der Waals surface area contributed by atoms with Crippen molar-refractivity contribution in [1.82, 2.24) is 0 Å². The minimum absolute atomic E-state index is 0.240. The maximum Gasteiger partial charge on any atom is 0.412 e. The Kier molecular flexibility index (Phi) is 6.71. The minimum atomic E-state index is -0.770. The topological polar surface area (TPSA) is 88.8 Å². The van der Waals surface area contributed by atoms with Gasteiger partial charge in [-0.2, -0.15) is 0 Å². The van der Waals surface area contributed by atoms with Gasteiger partial charge in [0, 0.05) is 16.1 Å². The number of aliphatic carboxylic acids is 1. The Bertz CT molecular complexity index is 1460. The molecule has 0 unspecified atom stereocenters. The van der Waals surface area contributed by atoms with Crippen LogP contribution in [0.2, 0.25) is 10.0 Å². The highest BCUT2D eigenvalue weighted by Crippen LogP contribution is 2.48. The number of carbonyl (C=O) groups is 2. The van der Waals surface area contributed by atoms with Crippen molar-refractivity contribution in [2.45, 2.75) is 31.3 Å². The molecule has 0 bridgehead atoms. The molecule has 1 aliphatic carbocycles. The first kappa shape index (κ1) is 24.9. The molecule has 2 N–H and O–H groups in total. The third-order valence-corrected chi connectivity index (χ3v) is 7.30. The van der Waals surface area contributed by atoms with E-state index in [0.29, 0.717) is 40.4 Å².